The van der Waals surface area contributed by atoms with Gasteiger partial charge in [-0.25, -0.2) is 13.2 Å². The lowest BCUT2D eigenvalue weighted by atomic mass is 10.2. The van der Waals surface area contributed by atoms with E-state index in [1.807, 2.05) is 0 Å². The highest BCUT2D eigenvalue weighted by molar-refractivity contribution is 6.30. The molecule has 0 aliphatic heterocycles. The summed E-state index contributed by atoms with van der Waals surface area (Å²) in [7, 11) is 0. The second kappa shape index (κ2) is 5.32. The summed E-state index contributed by atoms with van der Waals surface area (Å²) in [6.45, 7) is 0. The van der Waals surface area contributed by atoms with Crippen LogP contribution in [-0.4, -0.2) is 6.29 Å². The second-order valence-electron chi connectivity index (χ2n) is 3.59. The molecule has 0 saturated carbocycles. The van der Waals surface area contributed by atoms with Gasteiger partial charge in [0.05, 0.1) is 5.02 Å². The average molecular weight is 287 g/mol. The highest BCUT2D eigenvalue weighted by atomic mass is 35.5. The summed E-state index contributed by atoms with van der Waals surface area (Å²) in [6.07, 6.45) is 0.288. The molecule has 0 fully saturated rings. The molecule has 6 heteroatoms. The van der Waals surface area contributed by atoms with Gasteiger partial charge in [-0.2, -0.15) is 0 Å². The molecule has 2 nitrogen and oxygen atoms in total. The first-order valence-electron chi connectivity index (χ1n) is 5.09. The van der Waals surface area contributed by atoms with Crippen molar-refractivity contribution in [1.29, 1.82) is 0 Å². The maximum atomic E-state index is 13.5. The maximum Gasteiger partial charge on any atom is 0.198 e. The van der Waals surface area contributed by atoms with Crippen LogP contribution in [0.2, 0.25) is 5.02 Å². The number of carbonyl (C=O) groups excluding carboxylic acids is 1. The van der Waals surface area contributed by atoms with Crippen LogP contribution in [0.15, 0.2) is 30.3 Å². The van der Waals surface area contributed by atoms with Gasteiger partial charge in [-0.15, -0.1) is 0 Å². The summed E-state index contributed by atoms with van der Waals surface area (Å²) >= 11 is 5.52. The summed E-state index contributed by atoms with van der Waals surface area (Å²) in [5.41, 5.74) is -0.186. The van der Waals surface area contributed by atoms with Crippen molar-refractivity contribution in [2.75, 3.05) is 0 Å². The molecule has 0 saturated heterocycles. The minimum absolute atomic E-state index is 0.186. The largest absolute Gasteiger partial charge is 0.448 e. The number of benzene rings is 2. The molecule has 0 radical (unpaired) electrons. The number of aldehydes is 1. The average Bonchev–Trinajstić information content (AvgIpc) is 2.38. The Kier molecular flexibility index (Phi) is 3.76. The summed E-state index contributed by atoms with van der Waals surface area (Å²) in [5.74, 6) is -4.36. The molecule has 19 heavy (non-hydrogen) atoms. The lowest BCUT2D eigenvalue weighted by molar-refractivity contribution is 0.112. The Hall–Kier alpha value is -2.01. The normalized spacial score (nSPS) is 10.3. The Morgan fingerprint density at radius 2 is 1.74 bits per heavy atom. The Morgan fingerprint density at radius 1 is 1.11 bits per heavy atom. The molecule has 0 unspecified atom stereocenters. The third-order valence-electron chi connectivity index (χ3n) is 2.28. The Bertz CT molecular complexity index is 621. The number of hydrogen-bond donors (Lipinski definition) is 0. The predicted molar refractivity (Wildman–Crippen MR) is 63.2 cm³/mol. The van der Waals surface area contributed by atoms with Crippen LogP contribution < -0.4 is 4.74 Å². The van der Waals surface area contributed by atoms with Crippen molar-refractivity contribution in [3.8, 4) is 11.5 Å². The summed E-state index contributed by atoms with van der Waals surface area (Å²) in [4.78, 5) is 10.4. The first-order valence-corrected chi connectivity index (χ1v) is 5.47. The molecule has 2 aromatic rings. The molecule has 0 heterocycles. The minimum atomic E-state index is -1.11. The smallest absolute Gasteiger partial charge is 0.198 e. The van der Waals surface area contributed by atoms with Crippen molar-refractivity contribution in [3.63, 3.8) is 0 Å². The molecule has 0 amide bonds. The fourth-order valence-electron chi connectivity index (χ4n) is 1.42. The lowest BCUT2D eigenvalue weighted by Gasteiger charge is -2.09. The van der Waals surface area contributed by atoms with Gasteiger partial charge in [-0.05, 0) is 24.3 Å². The predicted octanol–water partition coefficient (Wildman–Crippen LogP) is 4.36. The van der Waals surface area contributed by atoms with E-state index in [-0.39, 0.29) is 16.9 Å². The summed E-state index contributed by atoms with van der Waals surface area (Å²) in [6, 6.07) is 5.39. The molecule has 0 aliphatic carbocycles. The van der Waals surface area contributed by atoms with Gasteiger partial charge in [0.2, 0.25) is 0 Å². The van der Waals surface area contributed by atoms with E-state index in [2.05, 4.69) is 0 Å². The van der Waals surface area contributed by atoms with E-state index in [9.17, 15) is 18.0 Å². The Labute approximate surface area is 111 Å². The van der Waals surface area contributed by atoms with Gasteiger partial charge in [0.15, 0.2) is 29.0 Å². The van der Waals surface area contributed by atoms with Crippen LogP contribution in [0.5, 0.6) is 11.5 Å². The molecule has 0 bridgehead atoms. The highest BCUT2D eigenvalue weighted by Crippen LogP contribution is 2.32. The van der Waals surface area contributed by atoms with E-state index in [4.69, 9.17) is 16.3 Å². The van der Waals surface area contributed by atoms with E-state index in [1.165, 1.54) is 18.2 Å². The van der Waals surface area contributed by atoms with Gasteiger partial charge in [0.1, 0.15) is 6.29 Å². The van der Waals surface area contributed by atoms with Crippen LogP contribution in [0.3, 0.4) is 0 Å². The fraction of sp³-hybridized carbons (Fsp3) is 0. The first-order chi connectivity index (χ1) is 9.02. The zero-order valence-corrected chi connectivity index (χ0v) is 10.0. The summed E-state index contributed by atoms with van der Waals surface area (Å²) < 4.78 is 45.4. The Morgan fingerprint density at radius 3 is 2.32 bits per heavy atom. The first kappa shape index (κ1) is 13.4. The molecule has 98 valence electrons. The van der Waals surface area contributed by atoms with E-state index in [0.29, 0.717) is 0 Å². The molecular weight excluding hydrogens is 281 g/mol. The standard InChI is InChI=1S/C13H6ClF3O2/c14-8-2-1-3-11(12(8)17)19-13-9(15)4-7(6-18)5-10(13)16/h1-6H. The van der Waals surface area contributed by atoms with Gasteiger partial charge >= 0.3 is 0 Å². The van der Waals surface area contributed by atoms with Crippen molar-refractivity contribution in [1.82, 2.24) is 0 Å². The zero-order valence-electron chi connectivity index (χ0n) is 9.29. The number of ether oxygens (including phenoxy) is 1. The van der Waals surface area contributed by atoms with E-state index in [1.54, 1.807) is 0 Å². The van der Waals surface area contributed by atoms with Crippen LogP contribution in [0.1, 0.15) is 10.4 Å². The van der Waals surface area contributed by atoms with Gasteiger partial charge in [-0.3, -0.25) is 4.79 Å². The third kappa shape index (κ3) is 2.71. The van der Waals surface area contributed by atoms with Crippen LogP contribution in [0.25, 0.3) is 0 Å². The van der Waals surface area contributed by atoms with Crippen molar-refractivity contribution in [2.24, 2.45) is 0 Å². The molecular formula is C13H6ClF3O2. The quantitative estimate of drug-likeness (QED) is 0.784. The molecule has 2 rings (SSSR count). The second-order valence-corrected chi connectivity index (χ2v) is 3.99. The molecule has 2 aromatic carbocycles. The van der Waals surface area contributed by atoms with Gasteiger partial charge in [0, 0.05) is 5.56 Å². The van der Waals surface area contributed by atoms with Gasteiger partial charge in [0.25, 0.3) is 0 Å². The van der Waals surface area contributed by atoms with Crippen molar-refractivity contribution in [2.45, 2.75) is 0 Å². The number of hydrogen-bond acceptors (Lipinski definition) is 2. The number of rotatable bonds is 3. The maximum absolute atomic E-state index is 13.5. The fourth-order valence-corrected chi connectivity index (χ4v) is 1.58. The van der Waals surface area contributed by atoms with Crippen molar-refractivity contribution in [3.05, 3.63) is 58.4 Å². The van der Waals surface area contributed by atoms with Crippen LogP contribution in [0, 0.1) is 17.5 Å². The van der Waals surface area contributed by atoms with Crippen LogP contribution in [-0.2, 0) is 0 Å². The molecule has 0 N–H and O–H groups in total. The third-order valence-corrected chi connectivity index (χ3v) is 2.58. The van der Waals surface area contributed by atoms with Crippen molar-refractivity contribution >= 4 is 17.9 Å². The lowest BCUT2D eigenvalue weighted by Crippen LogP contribution is -1.97. The summed E-state index contributed by atoms with van der Waals surface area (Å²) in [5, 5.41) is -0.233. The molecule has 0 atom stereocenters. The van der Waals surface area contributed by atoms with E-state index < -0.39 is 29.0 Å². The van der Waals surface area contributed by atoms with Crippen LogP contribution >= 0.6 is 11.6 Å². The minimum Gasteiger partial charge on any atom is -0.448 e. The molecule has 0 spiro atoms. The van der Waals surface area contributed by atoms with Gasteiger partial charge in [-0.1, -0.05) is 17.7 Å². The number of halogens is 4. The monoisotopic (exact) mass is 286 g/mol. The van der Waals surface area contributed by atoms with E-state index >= 15 is 0 Å². The Balaban J connectivity index is 2.44. The molecule has 0 aromatic heterocycles. The number of carbonyl (C=O) groups is 1. The van der Waals surface area contributed by atoms with Crippen molar-refractivity contribution < 1.29 is 22.7 Å². The topological polar surface area (TPSA) is 26.3 Å². The zero-order chi connectivity index (χ0) is 14.0. The SMILES string of the molecule is O=Cc1cc(F)c(Oc2cccc(Cl)c2F)c(F)c1. The van der Waals surface area contributed by atoms with Gasteiger partial charge < -0.3 is 4.74 Å². The highest BCUT2D eigenvalue weighted by Gasteiger charge is 2.16. The van der Waals surface area contributed by atoms with Crippen LogP contribution in [0.4, 0.5) is 13.2 Å². The van der Waals surface area contributed by atoms with E-state index in [0.717, 1.165) is 12.1 Å². The molecule has 0 aliphatic rings.